The Hall–Kier alpha value is -2.60. The summed E-state index contributed by atoms with van der Waals surface area (Å²) < 4.78 is 0. The fourth-order valence-electron chi connectivity index (χ4n) is 3.42. The molecule has 0 unspecified atom stereocenters. The molecule has 0 N–H and O–H groups in total. The molecule has 4 aromatic rings. The Bertz CT molecular complexity index is 910. The monoisotopic (exact) mass is 282 g/mol. The number of benzene rings is 4. The molecule has 0 amide bonds. The second kappa shape index (κ2) is 4.99. The van der Waals surface area contributed by atoms with Gasteiger partial charge in [-0.1, -0.05) is 72.8 Å². The SMILES string of the molecule is Cc1ccc2ccccc2c1-c1c(C)ccc2ccccc12. The first-order valence-corrected chi connectivity index (χ1v) is 7.73. The molecule has 0 atom stereocenters. The van der Waals surface area contributed by atoms with Gasteiger partial charge in [0.1, 0.15) is 0 Å². The predicted molar refractivity (Wildman–Crippen MR) is 96.4 cm³/mol. The standard InChI is InChI=1S/C22H18/c1-15-11-13-17-7-3-5-9-19(17)21(15)22-16(2)12-14-18-8-4-6-10-20(18)22/h3-14H,1-2H3. The quantitative estimate of drug-likeness (QED) is 0.385. The highest BCUT2D eigenvalue weighted by atomic mass is 14.2. The van der Waals surface area contributed by atoms with E-state index in [9.17, 15) is 0 Å². The number of hydrogen-bond donors (Lipinski definition) is 0. The van der Waals surface area contributed by atoms with E-state index in [1.807, 2.05) is 0 Å². The van der Waals surface area contributed by atoms with Gasteiger partial charge >= 0.3 is 0 Å². The molecule has 0 aliphatic carbocycles. The van der Waals surface area contributed by atoms with Gasteiger partial charge in [-0.15, -0.1) is 0 Å². The minimum atomic E-state index is 1.30. The molecular formula is C22H18. The van der Waals surface area contributed by atoms with E-state index >= 15 is 0 Å². The van der Waals surface area contributed by atoms with Crippen LogP contribution in [0.25, 0.3) is 32.7 Å². The Kier molecular flexibility index (Phi) is 2.97. The Morgan fingerprint density at radius 2 is 0.864 bits per heavy atom. The van der Waals surface area contributed by atoms with Gasteiger partial charge in [-0.2, -0.15) is 0 Å². The second-order valence-corrected chi connectivity index (χ2v) is 5.96. The van der Waals surface area contributed by atoms with Crippen LogP contribution in [0, 0.1) is 13.8 Å². The van der Waals surface area contributed by atoms with Gasteiger partial charge in [0.2, 0.25) is 0 Å². The zero-order valence-corrected chi connectivity index (χ0v) is 12.9. The van der Waals surface area contributed by atoms with E-state index in [1.54, 1.807) is 0 Å². The van der Waals surface area contributed by atoms with Crippen molar-refractivity contribution in [3.05, 3.63) is 83.9 Å². The second-order valence-electron chi connectivity index (χ2n) is 5.96. The summed E-state index contributed by atoms with van der Waals surface area (Å²) in [6.45, 7) is 4.42. The van der Waals surface area contributed by atoms with Crippen molar-refractivity contribution in [2.24, 2.45) is 0 Å². The van der Waals surface area contributed by atoms with Crippen LogP contribution in [-0.2, 0) is 0 Å². The summed E-state index contributed by atoms with van der Waals surface area (Å²) in [5, 5.41) is 5.27. The van der Waals surface area contributed by atoms with Crippen molar-refractivity contribution in [1.29, 1.82) is 0 Å². The Morgan fingerprint density at radius 1 is 0.455 bits per heavy atom. The molecular weight excluding hydrogens is 264 g/mol. The van der Waals surface area contributed by atoms with Crippen LogP contribution in [0.2, 0.25) is 0 Å². The summed E-state index contributed by atoms with van der Waals surface area (Å²) in [6, 6.07) is 26.2. The maximum atomic E-state index is 2.24. The molecule has 0 radical (unpaired) electrons. The lowest BCUT2D eigenvalue weighted by Crippen LogP contribution is -1.91. The van der Waals surface area contributed by atoms with Gasteiger partial charge in [-0.3, -0.25) is 0 Å². The number of hydrogen-bond acceptors (Lipinski definition) is 0. The van der Waals surface area contributed by atoms with Crippen LogP contribution >= 0.6 is 0 Å². The van der Waals surface area contributed by atoms with Crippen LogP contribution < -0.4 is 0 Å². The Morgan fingerprint density at radius 3 is 1.32 bits per heavy atom. The molecule has 106 valence electrons. The molecule has 0 aliphatic rings. The molecule has 4 rings (SSSR count). The minimum Gasteiger partial charge on any atom is -0.0616 e. The van der Waals surface area contributed by atoms with Crippen LogP contribution in [0.3, 0.4) is 0 Å². The van der Waals surface area contributed by atoms with Crippen LogP contribution in [0.4, 0.5) is 0 Å². The lowest BCUT2D eigenvalue weighted by Gasteiger charge is -2.16. The van der Waals surface area contributed by atoms with Crippen molar-refractivity contribution in [3.63, 3.8) is 0 Å². The first kappa shape index (κ1) is 13.1. The van der Waals surface area contributed by atoms with Gasteiger partial charge in [0.25, 0.3) is 0 Å². The summed E-state index contributed by atoms with van der Waals surface area (Å²) in [4.78, 5) is 0. The minimum absolute atomic E-state index is 1.30. The molecule has 0 spiro atoms. The lowest BCUT2D eigenvalue weighted by molar-refractivity contribution is 1.45. The Labute approximate surface area is 131 Å². The van der Waals surface area contributed by atoms with Crippen molar-refractivity contribution in [1.82, 2.24) is 0 Å². The molecule has 0 aliphatic heterocycles. The molecule has 4 aromatic carbocycles. The third-order valence-electron chi connectivity index (χ3n) is 4.52. The fraction of sp³-hybridized carbons (Fsp3) is 0.0909. The molecule has 0 heterocycles. The van der Waals surface area contributed by atoms with Gasteiger partial charge in [0.15, 0.2) is 0 Å². The molecule has 0 bridgehead atoms. The van der Waals surface area contributed by atoms with E-state index < -0.39 is 0 Å². The lowest BCUT2D eigenvalue weighted by atomic mass is 9.88. The molecule has 0 heteroatoms. The van der Waals surface area contributed by atoms with Crippen molar-refractivity contribution in [3.8, 4) is 11.1 Å². The van der Waals surface area contributed by atoms with Gasteiger partial charge < -0.3 is 0 Å². The van der Waals surface area contributed by atoms with Crippen molar-refractivity contribution >= 4 is 21.5 Å². The highest BCUT2D eigenvalue weighted by Crippen LogP contribution is 2.38. The maximum absolute atomic E-state index is 2.24. The smallest absolute Gasteiger partial charge is 0.00672 e. The first-order valence-electron chi connectivity index (χ1n) is 7.73. The van der Waals surface area contributed by atoms with Gasteiger partial charge in [0, 0.05) is 0 Å². The third kappa shape index (κ3) is 1.92. The average molecular weight is 282 g/mol. The summed E-state index contributed by atoms with van der Waals surface area (Å²) in [6.07, 6.45) is 0. The zero-order valence-electron chi connectivity index (χ0n) is 12.9. The van der Waals surface area contributed by atoms with Gasteiger partial charge in [0.05, 0.1) is 0 Å². The third-order valence-corrected chi connectivity index (χ3v) is 4.52. The van der Waals surface area contributed by atoms with Crippen LogP contribution in [0.1, 0.15) is 11.1 Å². The zero-order chi connectivity index (χ0) is 15.1. The number of fused-ring (bicyclic) bond motifs is 2. The highest BCUT2D eigenvalue weighted by Gasteiger charge is 2.12. The molecule has 22 heavy (non-hydrogen) atoms. The molecule has 0 saturated carbocycles. The molecule has 0 nitrogen and oxygen atoms in total. The van der Waals surface area contributed by atoms with E-state index in [4.69, 9.17) is 0 Å². The summed E-state index contributed by atoms with van der Waals surface area (Å²) in [7, 11) is 0. The van der Waals surface area contributed by atoms with Gasteiger partial charge in [-0.25, -0.2) is 0 Å². The van der Waals surface area contributed by atoms with E-state index in [2.05, 4.69) is 86.6 Å². The van der Waals surface area contributed by atoms with E-state index in [0.29, 0.717) is 0 Å². The van der Waals surface area contributed by atoms with E-state index in [-0.39, 0.29) is 0 Å². The molecule has 0 aromatic heterocycles. The molecule has 0 fully saturated rings. The summed E-state index contributed by atoms with van der Waals surface area (Å²) >= 11 is 0. The fourth-order valence-corrected chi connectivity index (χ4v) is 3.42. The Balaban J connectivity index is 2.21. The first-order chi connectivity index (χ1) is 10.8. The largest absolute Gasteiger partial charge is 0.0616 e. The molecule has 0 saturated heterocycles. The predicted octanol–water partition coefficient (Wildman–Crippen LogP) is 6.28. The van der Waals surface area contributed by atoms with E-state index in [0.717, 1.165) is 0 Å². The number of aryl methyl sites for hydroxylation is 2. The van der Waals surface area contributed by atoms with Crippen LogP contribution in [0.15, 0.2) is 72.8 Å². The van der Waals surface area contributed by atoms with Crippen molar-refractivity contribution in [2.45, 2.75) is 13.8 Å². The highest BCUT2D eigenvalue weighted by molar-refractivity contribution is 6.07. The average Bonchev–Trinajstić information content (AvgIpc) is 2.56. The summed E-state index contributed by atoms with van der Waals surface area (Å²) in [5.74, 6) is 0. The normalized spacial score (nSPS) is 11.2. The number of rotatable bonds is 1. The maximum Gasteiger partial charge on any atom is -0.00672 e. The summed E-state index contributed by atoms with van der Waals surface area (Å²) in [5.41, 5.74) is 5.40. The van der Waals surface area contributed by atoms with Crippen LogP contribution in [0.5, 0.6) is 0 Å². The van der Waals surface area contributed by atoms with Crippen LogP contribution in [-0.4, -0.2) is 0 Å². The van der Waals surface area contributed by atoms with Gasteiger partial charge in [-0.05, 0) is 57.6 Å². The van der Waals surface area contributed by atoms with Crippen molar-refractivity contribution in [2.75, 3.05) is 0 Å². The van der Waals surface area contributed by atoms with Crippen molar-refractivity contribution < 1.29 is 0 Å². The topological polar surface area (TPSA) is 0 Å². The van der Waals surface area contributed by atoms with E-state index in [1.165, 1.54) is 43.8 Å².